The molecule has 2 aliphatic rings. The maximum absolute atomic E-state index is 11.5. The Hall–Kier alpha value is -5.54. The van der Waals surface area contributed by atoms with Crippen molar-refractivity contribution in [3.8, 4) is 32.6 Å². The number of methoxy groups -OCH3 is 2. The molecule has 2 N–H and O–H groups in total. The van der Waals surface area contributed by atoms with Gasteiger partial charge in [-0.05, 0) is 31.0 Å². The number of benzene rings is 4. The Kier molecular flexibility index (Phi) is 13.8. The summed E-state index contributed by atoms with van der Waals surface area (Å²) in [5.74, 6) is 1.39. The fraction of sp³-hybridized carbons (Fsp3) is 0.318. The number of aromatic nitrogens is 2. The minimum absolute atomic E-state index is 0.0924. The molecule has 14 heteroatoms. The number of hydrogen-bond acceptors (Lipinski definition) is 13. The van der Waals surface area contributed by atoms with E-state index < -0.39 is 0 Å². The van der Waals surface area contributed by atoms with Crippen LogP contribution in [0, 0.1) is 10.1 Å². The number of hydrogen-bond donors (Lipinski definition) is 1. The normalized spacial score (nSPS) is 15.2. The molecule has 8 rings (SSSR count). The fourth-order valence-corrected chi connectivity index (χ4v) is 9.17. The van der Waals surface area contributed by atoms with Gasteiger partial charge in [0.05, 0.1) is 36.2 Å². The van der Waals surface area contributed by atoms with Gasteiger partial charge in [-0.1, -0.05) is 72.8 Å². The van der Waals surface area contributed by atoms with Crippen LogP contribution in [-0.2, 0) is 13.1 Å². The van der Waals surface area contributed by atoms with Crippen LogP contribution in [0.5, 0.6) is 11.5 Å². The lowest BCUT2D eigenvalue weighted by Crippen LogP contribution is -2.31. The molecule has 12 nitrogen and oxygen atoms in total. The Morgan fingerprint density at radius 1 is 0.621 bits per heavy atom. The van der Waals surface area contributed by atoms with Crippen molar-refractivity contribution in [1.29, 1.82) is 0 Å². The Bertz CT molecular complexity index is 2240. The molecule has 302 valence electrons. The van der Waals surface area contributed by atoms with Gasteiger partial charge in [-0.2, -0.15) is 0 Å². The predicted octanol–water partition coefficient (Wildman–Crippen LogP) is 8.55. The van der Waals surface area contributed by atoms with Gasteiger partial charge >= 0.3 is 0 Å². The Balaban J connectivity index is 0.000000177. The topological polar surface area (TPSA) is 126 Å². The highest BCUT2D eigenvalue weighted by atomic mass is 32.1. The van der Waals surface area contributed by atoms with Crippen LogP contribution in [0.15, 0.2) is 108 Å². The van der Waals surface area contributed by atoms with Gasteiger partial charge in [-0.3, -0.25) is 19.9 Å². The Morgan fingerprint density at radius 3 is 1.60 bits per heavy atom. The first-order valence-electron chi connectivity index (χ1n) is 19.6. The number of nitrogens with zero attached hydrogens (tertiary/aromatic N) is 7. The van der Waals surface area contributed by atoms with Crippen LogP contribution in [0.2, 0.25) is 0 Å². The van der Waals surface area contributed by atoms with E-state index in [1.165, 1.54) is 5.56 Å². The molecular formula is C44H50N8O4S2. The van der Waals surface area contributed by atoms with Crippen LogP contribution in [0.1, 0.15) is 24.2 Å². The molecule has 0 spiro atoms. The van der Waals surface area contributed by atoms with Crippen LogP contribution >= 0.6 is 22.7 Å². The number of para-hydroxylation sites is 2. The second-order valence-corrected chi connectivity index (χ2v) is 16.0. The van der Waals surface area contributed by atoms with Crippen LogP contribution in [-0.4, -0.2) is 91.3 Å². The molecule has 0 atom stereocenters. The molecule has 4 heterocycles. The molecule has 0 bridgehead atoms. The standard InChI is InChI=1S/C22H24N4O3S.C22H26N4OS/c1-29-20-10-5-9-19(26(27)28)21(20)25-12-6-11-24(13-14-25)15-18-16-30-22(23-18)17-7-3-2-4-8-17;1-27-20-10-5-9-19(23)21(20)26-12-6-11-25(13-14-26)15-18-16-28-22(24-18)17-7-3-2-4-8-17/h2-5,7-10,16H,6,11-15H2,1H3;2-5,7-10,16H,6,11-15,23H2,1H3. The number of rotatable bonds is 11. The third-order valence-corrected chi connectivity index (χ3v) is 12.3. The van der Waals surface area contributed by atoms with Gasteiger partial charge in [0.1, 0.15) is 27.2 Å². The minimum atomic E-state index is -0.332. The molecule has 4 aromatic carbocycles. The van der Waals surface area contributed by atoms with Gasteiger partial charge in [0.15, 0.2) is 5.69 Å². The molecular weight excluding hydrogens is 769 g/mol. The van der Waals surface area contributed by atoms with Crippen molar-refractivity contribution in [2.24, 2.45) is 0 Å². The zero-order valence-corrected chi connectivity index (χ0v) is 34.7. The Morgan fingerprint density at radius 2 is 1.10 bits per heavy atom. The molecule has 2 saturated heterocycles. The van der Waals surface area contributed by atoms with Crippen molar-refractivity contribution in [3.05, 3.63) is 129 Å². The summed E-state index contributed by atoms with van der Waals surface area (Å²) in [6.07, 6.45) is 2.01. The molecule has 58 heavy (non-hydrogen) atoms. The summed E-state index contributed by atoms with van der Waals surface area (Å²) in [5.41, 5.74) is 13.3. The van der Waals surface area contributed by atoms with E-state index in [0.717, 1.165) is 116 Å². The maximum atomic E-state index is 11.5. The first-order chi connectivity index (χ1) is 28.4. The molecule has 0 saturated carbocycles. The summed E-state index contributed by atoms with van der Waals surface area (Å²) in [6.45, 7) is 8.82. The lowest BCUT2D eigenvalue weighted by atomic mass is 10.2. The van der Waals surface area contributed by atoms with Gasteiger partial charge < -0.3 is 25.0 Å². The summed E-state index contributed by atoms with van der Waals surface area (Å²) < 4.78 is 11.0. The third kappa shape index (κ3) is 10.1. The average Bonchev–Trinajstić information content (AvgIpc) is 3.79. The van der Waals surface area contributed by atoms with Gasteiger partial charge in [0, 0.05) is 93.4 Å². The third-order valence-electron chi connectivity index (χ3n) is 10.4. The molecule has 2 aromatic heterocycles. The summed E-state index contributed by atoms with van der Waals surface area (Å²) in [5, 5.41) is 18.0. The number of anilines is 3. The Labute approximate surface area is 348 Å². The number of nitro groups is 1. The molecule has 6 aromatic rings. The zero-order valence-electron chi connectivity index (χ0n) is 33.0. The monoisotopic (exact) mass is 818 g/mol. The highest BCUT2D eigenvalue weighted by molar-refractivity contribution is 7.13. The van der Waals surface area contributed by atoms with E-state index in [2.05, 4.69) is 66.8 Å². The predicted molar refractivity (Wildman–Crippen MR) is 236 cm³/mol. The van der Waals surface area contributed by atoms with Crippen molar-refractivity contribution in [1.82, 2.24) is 19.8 Å². The van der Waals surface area contributed by atoms with E-state index in [-0.39, 0.29) is 10.6 Å². The lowest BCUT2D eigenvalue weighted by molar-refractivity contribution is -0.384. The number of thiazole rings is 2. The van der Waals surface area contributed by atoms with Crippen LogP contribution in [0.4, 0.5) is 22.7 Å². The SMILES string of the molecule is COc1cccc(N)c1N1CCCN(Cc2csc(-c3ccccc3)n2)CC1.COc1cccc([N+](=O)[O-])c1N1CCCN(Cc2csc(-c3ccccc3)n2)CC1. The van der Waals surface area contributed by atoms with Gasteiger partial charge in [-0.15, -0.1) is 22.7 Å². The number of nitrogen functional groups attached to an aromatic ring is 1. The van der Waals surface area contributed by atoms with E-state index in [4.69, 9.17) is 25.2 Å². The quantitative estimate of drug-likeness (QED) is 0.0768. The fourth-order valence-electron chi connectivity index (χ4n) is 7.53. The summed E-state index contributed by atoms with van der Waals surface area (Å²) in [4.78, 5) is 30.1. The lowest BCUT2D eigenvalue weighted by Gasteiger charge is -2.26. The maximum Gasteiger partial charge on any atom is 0.296 e. The number of nitrogens with two attached hydrogens (primary N) is 1. The highest BCUT2D eigenvalue weighted by Gasteiger charge is 2.26. The summed E-state index contributed by atoms with van der Waals surface area (Å²) in [7, 11) is 3.26. The van der Waals surface area contributed by atoms with E-state index in [0.29, 0.717) is 18.0 Å². The van der Waals surface area contributed by atoms with Crippen molar-refractivity contribution in [2.75, 3.05) is 82.1 Å². The van der Waals surface area contributed by atoms with Crippen LogP contribution in [0.25, 0.3) is 21.1 Å². The van der Waals surface area contributed by atoms with Crippen molar-refractivity contribution >= 4 is 45.4 Å². The summed E-state index contributed by atoms with van der Waals surface area (Å²) in [6, 6.07) is 31.4. The second kappa shape index (κ2) is 19.7. The van der Waals surface area contributed by atoms with Gasteiger partial charge in [0.25, 0.3) is 5.69 Å². The zero-order chi connectivity index (χ0) is 40.3. The number of nitro benzene ring substituents is 1. The van der Waals surface area contributed by atoms with E-state index in [9.17, 15) is 10.1 Å². The smallest absolute Gasteiger partial charge is 0.296 e. The largest absolute Gasteiger partial charge is 0.495 e. The van der Waals surface area contributed by atoms with Crippen molar-refractivity contribution < 1.29 is 14.4 Å². The second-order valence-electron chi connectivity index (χ2n) is 14.2. The molecule has 0 unspecified atom stereocenters. The minimum Gasteiger partial charge on any atom is -0.495 e. The summed E-state index contributed by atoms with van der Waals surface area (Å²) >= 11 is 3.38. The first-order valence-corrected chi connectivity index (χ1v) is 21.3. The van der Waals surface area contributed by atoms with Crippen molar-refractivity contribution in [2.45, 2.75) is 25.9 Å². The van der Waals surface area contributed by atoms with E-state index in [1.807, 2.05) is 42.5 Å². The van der Waals surface area contributed by atoms with Crippen molar-refractivity contribution in [3.63, 3.8) is 0 Å². The van der Waals surface area contributed by atoms with Crippen LogP contribution < -0.4 is 25.0 Å². The molecule has 2 fully saturated rings. The van der Waals surface area contributed by atoms with Gasteiger partial charge in [0.2, 0.25) is 0 Å². The highest BCUT2D eigenvalue weighted by Crippen LogP contribution is 2.38. The van der Waals surface area contributed by atoms with Gasteiger partial charge in [-0.25, -0.2) is 9.97 Å². The molecule has 0 radical (unpaired) electrons. The number of ether oxygens (including phenoxy) is 2. The van der Waals surface area contributed by atoms with Crippen LogP contribution in [0.3, 0.4) is 0 Å². The average molecular weight is 819 g/mol. The molecule has 0 amide bonds. The first kappa shape index (κ1) is 40.6. The van der Waals surface area contributed by atoms with E-state index >= 15 is 0 Å². The molecule has 0 aliphatic carbocycles. The van der Waals surface area contributed by atoms with E-state index in [1.54, 1.807) is 55.1 Å². The molecule has 2 aliphatic heterocycles.